The molecule has 2 heterocycles. The van der Waals surface area contributed by atoms with Gasteiger partial charge in [0.15, 0.2) is 5.82 Å². The van der Waals surface area contributed by atoms with Crippen LogP contribution in [0.1, 0.15) is 37.4 Å². The second kappa shape index (κ2) is 3.82. The Balaban J connectivity index is 1.77. The summed E-state index contributed by atoms with van der Waals surface area (Å²) in [4.78, 5) is 4.37. The van der Waals surface area contributed by atoms with Crippen LogP contribution in [0.4, 0.5) is 0 Å². The summed E-state index contributed by atoms with van der Waals surface area (Å²) < 4.78 is 10.5. The lowest BCUT2D eigenvalue weighted by atomic mass is 9.75. The van der Waals surface area contributed by atoms with E-state index in [1.54, 1.807) is 0 Å². The van der Waals surface area contributed by atoms with Gasteiger partial charge in [0, 0.05) is 19.6 Å². The quantitative estimate of drug-likeness (QED) is 0.832. The van der Waals surface area contributed by atoms with Crippen molar-refractivity contribution in [1.82, 2.24) is 15.5 Å². The lowest BCUT2D eigenvalue weighted by Crippen LogP contribution is -2.53. The summed E-state index contributed by atoms with van der Waals surface area (Å²) in [6, 6.07) is 0.444. The molecule has 0 spiro atoms. The topological polar surface area (TPSA) is 60.2 Å². The van der Waals surface area contributed by atoms with Gasteiger partial charge in [-0.05, 0) is 25.7 Å². The Morgan fingerprint density at radius 3 is 2.81 bits per heavy atom. The van der Waals surface area contributed by atoms with Gasteiger partial charge in [-0.2, -0.15) is 4.98 Å². The van der Waals surface area contributed by atoms with E-state index in [2.05, 4.69) is 15.5 Å². The van der Waals surface area contributed by atoms with Crippen LogP contribution in [0.3, 0.4) is 0 Å². The number of rotatable bonds is 3. The lowest BCUT2D eigenvalue weighted by molar-refractivity contribution is 0.131. The second-order valence-electron chi connectivity index (χ2n) is 4.78. The molecule has 16 heavy (non-hydrogen) atoms. The van der Waals surface area contributed by atoms with Crippen LogP contribution in [0.25, 0.3) is 0 Å². The van der Waals surface area contributed by atoms with Gasteiger partial charge >= 0.3 is 0 Å². The molecule has 5 heteroatoms. The number of aromatic nitrogens is 2. The number of nitrogens with zero attached hydrogens (tertiary/aromatic N) is 2. The molecule has 0 amide bonds. The first-order valence-corrected chi connectivity index (χ1v) is 5.95. The average molecular weight is 223 g/mol. The van der Waals surface area contributed by atoms with E-state index in [-0.39, 0.29) is 5.54 Å². The van der Waals surface area contributed by atoms with Crippen molar-refractivity contribution in [1.29, 1.82) is 0 Å². The highest BCUT2D eigenvalue weighted by Crippen LogP contribution is 2.40. The van der Waals surface area contributed by atoms with Crippen molar-refractivity contribution in [3.63, 3.8) is 0 Å². The first-order valence-electron chi connectivity index (χ1n) is 5.95. The van der Waals surface area contributed by atoms with Gasteiger partial charge in [0.1, 0.15) is 0 Å². The number of nitrogens with one attached hydrogen (secondary N) is 1. The maximum Gasteiger partial charge on any atom is 0.223 e. The zero-order valence-corrected chi connectivity index (χ0v) is 9.53. The molecule has 0 bridgehead atoms. The van der Waals surface area contributed by atoms with Gasteiger partial charge in [0.05, 0.1) is 12.1 Å². The highest BCUT2D eigenvalue weighted by Gasteiger charge is 2.44. The largest absolute Gasteiger partial charge is 0.380 e. The minimum absolute atomic E-state index is 0.0455. The van der Waals surface area contributed by atoms with Crippen molar-refractivity contribution < 1.29 is 9.26 Å². The third kappa shape index (κ3) is 1.64. The smallest absolute Gasteiger partial charge is 0.223 e. The lowest BCUT2D eigenvalue weighted by Gasteiger charge is -2.41. The molecule has 1 aromatic rings. The molecule has 1 atom stereocenters. The molecule has 1 saturated carbocycles. The summed E-state index contributed by atoms with van der Waals surface area (Å²) in [5.74, 6) is 1.47. The molecule has 1 saturated heterocycles. The summed E-state index contributed by atoms with van der Waals surface area (Å²) in [5, 5.41) is 7.71. The summed E-state index contributed by atoms with van der Waals surface area (Å²) in [6.07, 6.45) is 4.51. The normalized spacial score (nSPS) is 27.9. The van der Waals surface area contributed by atoms with Crippen molar-refractivity contribution >= 4 is 0 Å². The molecule has 1 N–H and O–H groups in total. The standard InChI is InChI=1S/C11H17N3O2/c1-8-12-10(14-16-8)11(4-2-5-11)13-9-3-6-15-7-9/h9,13H,2-7H2,1H3. The Kier molecular flexibility index (Phi) is 2.44. The molecule has 1 aromatic heterocycles. The molecule has 88 valence electrons. The van der Waals surface area contributed by atoms with Crippen LogP contribution in [-0.4, -0.2) is 29.4 Å². The Bertz CT molecular complexity index is 367. The van der Waals surface area contributed by atoms with Gasteiger partial charge in [-0.1, -0.05) is 5.16 Å². The number of hydrogen-bond acceptors (Lipinski definition) is 5. The Hall–Kier alpha value is -0.940. The van der Waals surface area contributed by atoms with Crippen LogP contribution in [0.5, 0.6) is 0 Å². The minimum atomic E-state index is -0.0455. The first kappa shape index (κ1) is 10.2. The first-order chi connectivity index (χ1) is 7.78. The molecule has 1 unspecified atom stereocenters. The third-order valence-electron chi connectivity index (χ3n) is 3.57. The fourth-order valence-electron chi connectivity index (χ4n) is 2.50. The van der Waals surface area contributed by atoms with E-state index in [0.29, 0.717) is 11.9 Å². The van der Waals surface area contributed by atoms with Gasteiger partial charge in [-0.3, -0.25) is 5.32 Å². The predicted molar refractivity (Wildman–Crippen MR) is 56.9 cm³/mol. The number of hydrogen-bond donors (Lipinski definition) is 1. The van der Waals surface area contributed by atoms with E-state index in [1.165, 1.54) is 6.42 Å². The van der Waals surface area contributed by atoms with Crippen molar-refractivity contribution in [2.45, 2.75) is 44.2 Å². The minimum Gasteiger partial charge on any atom is -0.380 e. The van der Waals surface area contributed by atoms with Crippen LogP contribution in [0, 0.1) is 6.92 Å². The Morgan fingerprint density at radius 2 is 2.31 bits per heavy atom. The van der Waals surface area contributed by atoms with Crippen molar-refractivity contribution in [2.24, 2.45) is 0 Å². The van der Waals surface area contributed by atoms with E-state index < -0.39 is 0 Å². The van der Waals surface area contributed by atoms with Crippen LogP contribution in [-0.2, 0) is 10.3 Å². The van der Waals surface area contributed by atoms with Crippen molar-refractivity contribution in [3.05, 3.63) is 11.7 Å². The van der Waals surface area contributed by atoms with Gasteiger partial charge < -0.3 is 9.26 Å². The fraction of sp³-hybridized carbons (Fsp3) is 0.818. The Morgan fingerprint density at radius 1 is 1.44 bits per heavy atom. The van der Waals surface area contributed by atoms with Crippen LogP contribution in [0.2, 0.25) is 0 Å². The molecule has 1 aliphatic carbocycles. The van der Waals surface area contributed by atoms with E-state index in [4.69, 9.17) is 9.26 Å². The molecule has 3 rings (SSSR count). The number of aryl methyl sites for hydroxylation is 1. The Labute approximate surface area is 94.6 Å². The molecule has 0 aromatic carbocycles. The summed E-state index contributed by atoms with van der Waals surface area (Å²) in [7, 11) is 0. The van der Waals surface area contributed by atoms with Crippen molar-refractivity contribution in [2.75, 3.05) is 13.2 Å². The molecule has 0 radical (unpaired) electrons. The van der Waals surface area contributed by atoms with Gasteiger partial charge in [0.2, 0.25) is 5.89 Å². The monoisotopic (exact) mass is 223 g/mol. The highest BCUT2D eigenvalue weighted by atomic mass is 16.5. The molecular weight excluding hydrogens is 206 g/mol. The number of ether oxygens (including phenoxy) is 1. The molecule has 2 fully saturated rings. The fourth-order valence-corrected chi connectivity index (χ4v) is 2.50. The van der Waals surface area contributed by atoms with E-state index in [9.17, 15) is 0 Å². The molecular formula is C11H17N3O2. The van der Waals surface area contributed by atoms with E-state index in [0.717, 1.165) is 38.3 Å². The van der Waals surface area contributed by atoms with Crippen molar-refractivity contribution in [3.8, 4) is 0 Å². The highest BCUT2D eigenvalue weighted by molar-refractivity contribution is 5.11. The molecule has 1 aliphatic heterocycles. The summed E-state index contributed by atoms with van der Waals surface area (Å²) >= 11 is 0. The van der Waals surface area contributed by atoms with Gasteiger partial charge in [-0.15, -0.1) is 0 Å². The predicted octanol–water partition coefficient (Wildman–Crippen LogP) is 1.14. The van der Waals surface area contributed by atoms with E-state index in [1.807, 2.05) is 6.92 Å². The maximum absolute atomic E-state index is 5.39. The summed E-state index contributed by atoms with van der Waals surface area (Å²) in [6.45, 7) is 3.50. The maximum atomic E-state index is 5.39. The van der Waals surface area contributed by atoms with Crippen LogP contribution < -0.4 is 5.32 Å². The summed E-state index contributed by atoms with van der Waals surface area (Å²) in [5.41, 5.74) is -0.0455. The molecule has 2 aliphatic rings. The zero-order chi connectivity index (χ0) is 11.0. The van der Waals surface area contributed by atoms with Crippen LogP contribution in [0.15, 0.2) is 4.52 Å². The second-order valence-corrected chi connectivity index (χ2v) is 4.78. The van der Waals surface area contributed by atoms with Crippen LogP contribution >= 0.6 is 0 Å². The third-order valence-corrected chi connectivity index (χ3v) is 3.57. The SMILES string of the molecule is Cc1nc(C2(NC3CCOC3)CCC2)no1. The van der Waals surface area contributed by atoms with Gasteiger partial charge in [0.25, 0.3) is 0 Å². The van der Waals surface area contributed by atoms with E-state index >= 15 is 0 Å². The zero-order valence-electron chi connectivity index (χ0n) is 9.53. The molecule has 5 nitrogen and oxygen atoms in total. The van der Waals surface area contributed by atoms with Gasteiger partial charge in [-0.25, -0.2) is 0 Å². The average Bonchev–Trinajstić information content (AvgIpc) is 2.82.